The molecule has 1 atom stereocenters. The standard InChI is InChI=1S/C39H45ClN6O6S/c1-23-34(35-31(40)16-14-29-30(15-17-33(48)51-6)37(39(49)52-7)43(3)36(29)35)38-32(9-8-18-46(38)41-23)45(20-25-10-12-28(50-5)13-11-25)21-26-19-27(44(4)42-26)22-53-24(2)47/h10-14,16,19,32H,8-9,15,17-18,20-22H2,1-7H3/t32-/m1/s1. The number of hydrogen-bond acceptors (Lipinski definition) is 10. The van der Waals surface area contributed by atoms with Crippen molar-refractivity contribution in [1.82, 2.24) is 29.0 Å². The predicted octanol–water partition coefficient (Wildman–Crippen LogP) is 6.95. The predicted molar refractivity (Wildman–Crippen MR) is 205 cm³/mol. The van der Waals surface area contributed by atoms with E-state index in [9.17, 15) is 14.4 Å². The first-order valence-electron chi connectivity index (χ1n) is 17.5. The van der Waals surface area contributed by atoms with E-state index < -0.39 is 5.97 Å². The number of halogens is 1. The maximum atomic E-state index is 13.3. The van der Waals surface area contributed by atoms with E-state index in [1.165, 1.54) is 26.0 Å². The highest BCUT2D eigenvalue weighted by Gasteiger charge is 2.35. The number of carbonyl (C=O) groups excluding carboxylic acids is 3. The van der Waals surface area contributed by atoms with Gasteiger partial charge in [0.25, 0.3) is 0 Å². The van der Waals surface area contributed by atoms with Gasteiger partial charge in [-0.1, -0.05) is 41.6 Å². The smallest absolute Gasteiger partial charge is 0.354 e. The van der Waals surface area contributed by atoms with Gasteiger partial charge in [-0.3, -0.25) is 23.9 Å². The molecule has 2 aromatic carbocycles. The molecule has 0 bridgehead atoms. The Bertz CT molecular complexity index is 2170. The fraction of sp³-hybridized carbons (Fsp3) is 0.410. The third kappa shape index (κ3) is 7.74. The lowest BCUT2D eigenvalue weighted by Crippen LogP contribution is -2.33. The van der Waals surface area contributed by atoms with Crippen LogP contribution in [0, 0.1) is 6.92 Å². The Hall–Kier alpha value is -4.59. The summed E-state index contributed by atoms with van der Waals surface area (Å²) in [5.74, 6) is 0.463. The van der Waals surface area contributed by atoms with Crippen molar-refractivity contribution in [1.29, 1.82) is 0 Å². The molecule has 0 saturated heterocycles. The van der Waals surface area contributed by atoms with Gasteiger partial charge in [-0.2, -0.15) is 10.2 Å². The number of thioether (sulfide) groups is 1. The molecule has 0 amide bonds. The van der Waals surface area contributed by atoms with Crippen LogP contribution in [0.4, 0.5) is 0 Å². The summed E-state index contributed by atoms with van der Waals surface area (Å²) >= 11 is 8.46. The largest absolute Gasteiger partial charge is 0.497 e. The molecule has 0 unspecified atom stereocenters. The van der Waals surface area contributed by atoms with Gasteiger partial charge in [0.2, 0.25) is 0 Å². The minimum Gasteiger partial charge on any atom is -0.497 e. The van der Waals surface area contributed by atoms with Gasteiger partial charge in [-0.15, -0.1) is 0 Å². The SMILES string of the molecule is COC(=O)CCc1c(C(=O)OC)n(C)c2c(-c3c(C)nn4c3[C@H](N(Cc3ccc(OC)cc3)Cc3cc(CSC(C)=O)n(C)n3)CCC4)c(Cl)ccc12. The highest BCUT2D eigenvalue weighted by molar-refractivity contribution is 8.12. The number of aromatic nitrogens is 5. The second-order valence-corrected chi connectivity index (χ2v) is 14.8. The lowest BCUT2D eigenvalue weighted by molar-refractivity contribution is -0.140. The number of carbonyl (C=O) groups is 3. The number of benzene rings is 2. The zero-order valence-corrected chi connectivity index (χ0v) is 32.8. The second kappa shape index (κ2) is 16.2. The summed E-state index contributed by atoms with van der Waals surface area (Å²) in [6.07, 6.45) is 2.18. The number of nitrogens with zero attached hydrogens (tertiary/aromatic N) is 6. The van der Waals surface area contributed by atoms with Crippen LogP contribution in [0.15, 0.2) is 42.5 Å². The van der Waals surface area contributed by atoms with Crippen molar-refractivity contribution in [2.75, 3.05) is 21.3 Å². The molecule has 14 heteroatoms. The summed E-state index contributed by atoms with van der Waals surface area (Å²) < 4.78 is 21.4. The zero-order valence-electron chi connectivity index (χ0n) is 31.2. The van der Waals surface area contributed by atoms with Crippen LogP contribution in [-0.2, 0) is 65.0 Å². The highest BCUT2D eigenvalue weighted by Crippen LogP contribution is 2.46. The molecule has 0 spiro atoms. The van der Waals surface area contributed by atoms with Gasteiger partial charge < -0.3 is 18.8 Å². The monoisotopic (exact) mass is 760 g/mol. The van der Waals surface area contributed by atoms with Crippen LogP contribution in [0.3, 0.4) is 0 Å². The third-order valence-electron chi connectivity index (χ3n) is 9.98. The van der Waals surface area contributed by atoms with Crippen molar-refractivity contribution in [3.63, 3.8) is 0 Å². The molecule has 5 aromatic rings. The van der Waals surface area contributed by atoms with E-state index >= 15 is 0 Å². The van der Waals surface area contributed by atoms with Crippen molar-refractivity contribution in [3.8, 4) is 16.9 Å². The summed E-state index contributed by atoms with van der Waals surface area (Å²) in [5, 5.41) is 11.4. The molecule has 6 rings (SSSR count). The van der Waals surface area contributed by atoms with Crippen LogP contribution in [0.1, 0.15) is 76.6 Å². The van der Waals surface area contributed by atoms with Gasteiger partial charge in [-0.05, 0) is 61.6 Å². The first kappa shape index (κ1) is 38.1. The molecule has 1 aliphatic rings. The number of aryl methyl sites for hydroxylation is 5. The average Bonchev–Trinajstić information content (AvgIpc) is 3.77. The van der Waals surface area contributed by atoms with E-state index in [2.05, 4.69) is 27.8 Å². The summed E-state index contributed by atoms with van der Waals surface area (Å²) in [5.41, 5.74) is 8.37. The summed E-state index contributed by atoms with van der Waals surface area (Å²) in [4.78, 5) is 39.7. The molecule has 0 saturated carbocycles. The van der Waals surface area contributed by atoms with Gasteiger partial charge in [0.1, 0.15) is 11.4 Å². The molecule has 0 radical (unpaired) electrons. The fourth-order valence-electron chi connectivity index (χ4n) is 7.53. The van der Waals surface area contributed by atoms with E-state index in [0.717, 1.165) is 75.5 Å². The molecule has 53 heavy (non-hydrogen) atoms. The minimum atomic E-state index is -0.501. The Kier molecular flexibility index (Phi) is 11.7. The lowest BCUT2D eigenvalue weighted by atomic mass is 9.92. The van der Waals surface area contributed by atoms with Crippen molar-refractivity contribution in [2.45, 2.75) is 71.0 Å². The Morgan fingerprint density at radius 2 is 1.75 bits per heavy atom. The topological polar surface area (TPSA) is 123 Å². The van der Waals surface area contributed by atoms with E-state index in [0.29, 0.717) is 35.1 Å². The summed E-state index contributed by atoms with van der Waals surface area (Å²) in [6, 6.07) is 13.9. The van der Waals surface area contributed by atoms with Crippen molar-refractivity contribution in [2.24, 2.45) is 14.1 Å². The molecule has 0 N–H and O–H groups in total. The van der Waals surface area contributed by atoms with Crippen LogP contribution < -0.4 is 4.74 Å². The van der Waals surface area contributed by atoms with E-state index in [1.807, 2.05) is 54.5 Å². The minimum absolute atomic E-state index is 0.0634. The van der Waals surface area contributed by atoms with Crippen LogP contribution in [0.5, 0.6) is 5.75 Å². The molecular weight excluding hydrogens is 716 g/mol. The molecule has 3 aromatic heterocycles. The molecule has 4 heterocycles. The van der Waals surface area contributed by atoms with E-state index in [1.54, 1.807) is 14.0 Å². The Morgan fingerprint density at radius 1 is 1.00 bits per heavy atom. The quantitative estimate of drug-likeness (QED) is 0.117. The summed E-state index contributed by atoms with van der Waals surface area (Å²) in [6.45, 7) is 5.49. The third-order valence-corrected chi connectivity index (χ3v) is 11.1. The maximum Gasteiger partial charge on any atom is 0.354 e. The Balaban J connectivity index is 1.51. The number of hydrogen-bond donors (Lipinski definition) is 0. The lowest BCUT2D eigenvalue weighted by Gasteiger charge is -2.35. The van der Waals surface area contributed by atoms with Gasteiger partial charge in [0.05, 0.1) is 55.0 Å². The van der Waals surface area contributed by atoms with Crippen LogP contribution >= 0.6 is 23.4 Å². The van der Waals surface area contributed by atoms with Crippen LogP contribution in [-0.4, -0.2) is 67.4 Å². The normalized spacial score (nSPS) is 14.1. The number of ether oxygens (including phenoxy) is 3. The van der Waals surface area contributed by atoms with Crippen molar-refractivity contribution in [3.05, 3.63) is 87.1 Å². The average molecular weight is 761 g/mol. The van der Waals surface area contributed by atoms with Crippen LogP contribution in [0.2, 0.25) is 5.02 Å². The van der Waals surface area contributed by atoms with E-state index in [-0.39, 0.29) is 30.0 Å². The first-order valence-corrected chi connectivity index (χ1v) is 18.9. The molecule has 12 nitrogen and oxygen atoms in total. The molecule has 0 fully saturated rings. The Labute approximate surface area is 318 Å². The number of esters is 2. The molecular formula is C39H45ClN6O6S. The van der Waals surface area contributed by atoms with Gasteiger partial charge in [0, 0.05) is 75.0 Å². The Morgan fingerprint density at radius 3 is 2.43 bits per heavy atom. The molecule has 1 aliphatic heterocycles. The van der Waals surface area contributed by atoms with Gasteiger partial charge in [0.15, 0.2) is 5.12 Å². The van der Waals surface area contributed by atoms with Crippen LogP contribution in [0.25, 0.3) is 22.0 Å². The van der Waals surface area contributed by atoms with Gasteiger partial charge in [-0.25, -0.2) is 4.79 Å². The fourth-order valence-corrected chi connectivity index (χ4v) is 8.40. The molecule has 280 valence electrons. The number of methoxy groups -OCH3 is 3. The van der Waals surface area contributed by atoms with Crippen molar-refractivity contribution >= 4 is 51.3 Å². The number of rotatable bonds is 13. The van der Waals surface area contributed by atoms with Crippen molar-refractivity contribution < 1.29 is 28.6 Å². The highest BCUT2D eigenvalue weighted by atomic mass is 35.5. The van der Waals surface area contributed by atoms with E-state index in [4.69, 9.17) is 36.0 Å². The summed E-state index contributed by atoms with van der Waals surface area (Å²) in [7, 11) is 8.11. The number of fused-ring (bicyclic) bond motifs is 2. The second-order valence-electron chi connectivity index (χ2n) is 13.3. The maximum absolute atomic E-state index is 13.3. The first-order chi connectivity index (χ1) is 25.4. The zero-order chi connectivity index (χ0) is 38.0. The molecule has 0 aliphatic carbocycles. The van der Waals surface area contributed by atoms with Gasteiger partial charge >= 0.3 is 11.9 Å².